The number of pyridine rings is 1. The van der Waals surface area contributed by atoms with E-state index in [1.54, 1.807) is 20.8 Å². The number of carbonyl (C=O) groups is 3. The van der Waals surface area contributed by atoms with Crippen LogP contribution in [0.15, 0.2) is 17.4 Å². The molecule has 3 N–H and O–H groups in total. The molecule has 15 heteroatoms. The molecule has 2 aromatic rings. The van der Waals surface area contributed by atoms with Gasteiger partial charge in [0.15, 0.2) is 5.01 Å². The molecule has 1 aliphatic heterocycles. The molecule has 0 aliphatic carbocycles. The van der Waals surface area contributed by atoms with Crippen LogP contribution >= 0.6 is 11.3 Å². The normalized spacial score (nSPS) is 16.2. The molecule has 11 nitrogen and oxygen atoms in total. The summed E-state index contributed by atoms with van der Waals surface area (Å²) in [5.74, 6) is -1.52. The van der Waals surface area contributed by atoms with E-state index in [2.05, 4.69) is 35.9 Å². The van der Waals surface area contributed by atoms with Gasteiger partial charge in [-0.05, 0) is 46.6 Å². The Bertz CT molecular complexity index is 1260. The molecule has 1 fully saturated rings. The number of rotatable bonds is 8. The van der Waals surface area contributed by atoms with Gasteiger partial charge in [0.2, 0.25) is 5.90 Å². The smallest absolute Gasteiger partial charge is 0.410 e. The first-order valence-corrected chi connectivity index (χ1v) is 12.9. The van der Waals surface area contributed by atoms with Gasteiger partial charge in [-0.1, -0.05) is 0 Å². The van der Waals surface area contributed by atoms with E-state index >= 15 is 0 Å². The number of ether oxygens (including phenoxy) is 1. The van der Waals surface area contributed by atoms with Gasteiger partial charge in [-0.25, -0.2) is 9.97 Å². The number of thiazole rings is 1. The van der Waals surface area contributed by atoms with Gasteiger partial charge in [-0.3, -0.25) is 14.4 Å². The third-order valence-electron chi connectivity index (χ3n) is 5.62. The fraction of sp³-hybridized carbons (Fsp3) is 0.500. The molecule has 0 radical (unpaired) electrons. The number of anilines is 1. The second kappa shape index (κ2) is 12.0. The number of hydrazone groups is 1. The number of hydrogen-bond donors (Lipinski definition) is 3. The second-order valence-corrected chi connectivity index (χ2v) is 10.8. The first-order chi connectivity index (χ1) is 18.2. The summed E-state index contributed by atoms with van der Waals surface area (Å²) in [6.45, 7) is 7.42. The number of likely N-dealkylation sites (tertiary alicyclic amines) is 1. The Labute approximate surface area is 227 Å². The number of amides is 2. The molecule has 0 saturated carbocycles. The van der Waals surface area contributed by atoms with Crippen molar-refractivity contribution in [3.8, 4) is 10.4 Å². The van der Waals surface area contributed by atoms with E-state index in [0.717, 1.165) is 25.1 Å². The lowest BCUT2D eigenvalue weighted by molar-refractivity contribution is -0.137. The summed E-state index contributed by atoms with van der Waals surface area (Å²) in [7, 11) is 1.45. The first-order valence-electron chi connectivity index (χ1n) is 12.0. The van der Waals surface area contributed by atoms with Crippen LogP contribution in [-0.2, 0) is 15.7 Å². The molecule has 0 spiro atoms. The second-order valence-electron chi connectivity index (χ2n) is 9.80. The van der Waals surface area contributed by atoms with E-state index in [4.69, 9.17) is 0 Å². The molecular weight excluding hydrogens is 539 g/mol. The van der Waals surface area contributed by atoms with Gasteiger partial charge in [0, 0.05) is 36.9 Å². The van der Waals surface area contributed by atoms with Gasteiger partial charge >= 0.3 is 6.18 Å². The van der Waals surface area contributed by atoms with Crippen molar-refractivity contribution in [1.82, 2.24) is 25.6 Å². The van der Waals surface area contributed by atoms with Crippen LogP contribution in [0.3, 0.4) is 0 Å². The Morgan fingerprint density at radius 3 is 2.59 bits per heavy atom. The van der Waals surface area contributed by atoms with Crippen molar-refractivity contribution in [1.29, 1.82) is 0 Å². The summed E-state index contributed by atoms with van der Waals surface area (Å²) in [5.41, 5.74) is 0.204. The lowest BCUT2D eigenvalue weighted by Crippen LogP contribution is -2.34. The van der Waals surface area contributed by atoms with Gasteiger partial charge in [-0.2, -0.15) is 13.2 Å². The zero-order valence-electron chi connectivity index (χ0n) is 22.1. The monoisotopic (exact) mass is 569 g/mol. The lowest BCUT2D eigenvalue weighted by Gasteiger charge is -2.23. The topological polar surface area (TPSA) is 138 Å². The van der Waals surface area contributed by atoms with Crippen LogP contribution < -0.4 is 16.1 Å². The van der Waals surface area contributed by atoms with E-state index in [1.807, 2.05) is 6.92 Å². The Morgan fingerprint density at radius 1 is 1.31 bits per heavy atom. The predicted octanol–water partition coefficient (Wildman–Crippen LogP) is 3.49. The molecule has 1 saturated heterocycles. The Hall–Kier alpha value is -3.75. The van der Waals surface area contributed by atoms with Crippen LogP contribution in [0, 0.1) is 0 Å². The Balaban J connectivity index is 2.09. The number of aromatic nitrogens is 2. The summed E-state index contributed by atoms with van der Waals surface area (Å²) in [6.07, 6.45) is -2.27. The number of nitrogens with zero attached hydrogens (tertiary/aromatic N) is 4. The van der Waals surface area contributed by atoms with E-state index in [9.17, 15) is 27.6 Å². The number of alkyl halides is 3. The van der Waals surface area contributed by atoms with Gasteiger partial charge in [0.05, 0.1) is 17.0 Å². The zero-order chi connectivity index (χ0) is 29.0. The highest BCUT2D eigenvalue weighted by atomic mass is 32.1. The van der Waals surface area contributed by atoms with Crippen molar-refractivity contribution in [3.63, 3.8) is 0 Å². The van der Waals surface area contributed by atoms with Crippen molar-refractivity contribution >= 4 is 41.3 Å². The van der Waals surface area contributed by atoms with E-state index in [-0.39, 0.29) is 51.9 Å². The van der Waals surface area contributed by atoms with Gasteiger partial charge in [-0.15, -0.1) is 16.4 Å². The molecule has 2 aromatic heterocycles. The minimum absolute atomic E-state index is 0.00799. The van der Waals surface area contributed by atoms with Crippen LogP contribution in [0.25, 0.3) is 10.4 Å². The quantitative estimate of drug-likeness (QED) is 0.190. The molecular formula is C24H30F3N7O4S. The molecule has 2 amide bonds. The summed E-state index contributed by atoms with van der Waals surface area (Å²) in [4.78, 5) is 46.8. The van der Waals surface area contributed by atoms with E-state index in [1.165, 1.54) is 11.9 Å². The van der Waals surface area contributed by atoms with Gasteiger partial charge < -0.3 is 25.7 Å². The molecule has 1 aliphatic rings. The molecule has 0 bridgehead atoms. The minimum Gasteiger partial charge on any atom is -0.410 e. The fourth-order valence-electron chi connectivity index (χ4n) is 3.96. The maximum absolute atomic E-state index is 14.3. The Morgan fingerprint density at radius 2 is 2.03 bits per heavy atom. The molecule has 3 heterocycles. The molecule has 3 rings (SSSR count). The zero-order valence-corrected chi connectivity index (χ0v) is 22.9. The van der Waals surface area contributed by atoms with Crippen molar-refractivity contribution in [2.75, 3.05) is 25.5 Å². The van der Waals surface area contributed by atoms with Crippen molar-refractivity contribution < 1.29 is 32.3 Å². The van der Waals surface area contributed by atoms with Crippen LogP contribution in [0.2, 0.25) is 0 Å². The molecule has 1 atom stereocenters. The lowest BCUT2D eigenvalue weighted by atomic mass is 10.1. The van der Waals surface area contributed by atoms with Crippen LogP contribution in [0.1, 0.15) is 66.4 Å². The summed E-state index contributed by atoms with van der Waals surface area (Å²) < 4.78 is 47.4. The average molecular weight is 570 g/mol. The molecule has 1 unspecified atom stereocenters. The summed E-state index contributed by atoms with van der Waals surface area (Å²) >= 11 is 0.640. The van der Waals surface area contributed by atoms with Crippen molar-refractivity contribution in [2.24, 2.45) is 5.10 Å². The number of halogens is 3. The SMILES string of the molecule is CN/N=C(/CNC(=O)c1nc(C(=O)N2CCCC2C)c(-c2cnc(NC(C)(C)C)cc2C(F)(F)F)s1)OC=O. The summed E-state index contributed by atoms with van der Waals surface area (Å²) in [6, 6.07) is 0.744. The standard InChI is InChI=1S/C24H30F3N7O4S/c1-13-7-6-8-34(13)22(37)18-19(39-21(31-18)20(36)30-11-17(33-28-5)38-12-35)14-10-29-16(32-23(2,3)4)9-15(14)24(25,26)27/h9-10,12-13,28H,6-8,11H2,1-5H3,(H,29,32)(H,30,36)/b33-17-. The maximum atomic E-state index is 14.3. The summed E-state index contributed by atoms with van der Waals surface area (Å²) in [5, 5.41) is 8.80. The van der Waals surface area contributed by atoms with Crippen LogP contribution in [0.4, 0.5) is 19.0 Å². The first kappa shape index (κ1) is 29.8. The minimum atomic E-state index is -4.79. The predicted molar refractivity (Wildman–Crippen MR) is 139 cm³/mol. The van der Waals surface area contributed by atoms with Gasteiger partial charge in [0.25, 0.3) is 18.3 Å². The highest BCUT2D eigenvalue weighted by Crippen LogP contribution is 2.42. The number of nitrogens with one attached hydrogen (secondary N) is 3. The molecule has 0 aromatic carbocycles. The molecule has 39 heavy (non-hydrogen) atoms. The van der Waals surface area contributed by atoms with E-state index in [0.29, 0.717) is 17.9 Å². The highest BCUT2D eigenvalue weighted by Gasteiger charge is 2.38. The largest absolute Gasteiger partial charge is 0.417 e. The average Bonchev–Trinajstić information content (AvgIpc) is 3.47. The third-order valence-corrected chi connectivity index (χ3v) is 6.70. The van der Waals surface area contributed by atoms with Gasteiger partial charge in [0.1, 0.15) is 11.5 Å². The number of carbonyl (C=O) groups excluding carboxylic acids is 3. The van der Waals surface area contributed by atoms with Crippen LogP contribution in [-0.4, -0.2) is 70.8 Å². The van der Waals surface area contributed by atoms with Crippen molar-refractivity contribution in [2.45, 2.75) is 58.3 Å². The fourth-order valence-corrected chi connectivity index (χ4v) is 4.96. The Kier molecular flexibility index (Phi) is 9.14. The van der Waals surface area contributed by atoms with E-state index < -0.39 is 29.1 Å². The molecule has 212 valence electrons. The maximum Gasteiger partial charge on any atom is 0.417 e. The number of hydrogen-bond acceptors (Lipinski definition) is 10. The van der Waals surface area contributed by atoms with Crippen molar-refractivity contribution in [3.05, 3.63) is 28.5 Å². The third kappa shape index (κ3) is 7.43. The highest BCUT2D eigenvalue weighted by molar-refractivity contribution is 7.17. The van der Waals surface area contributed by atoms with Crippen LogP contribution in [0.5, 0.6) is 0 Å².